The van der Waals surface area contributed by atoms with Crippen molar-refractivity contribution in [1.82, 2.24) is 5.32 Å². The van der Waals surface area contributed by atoms with E-state index in [1.54, 1.807) is 30.3 Å². The van der Waals surface area contributed by atoms with Gasteiger partial charge in [0, 0.05) is 19.8 Å². The van der Waals surface area contributed by atoms with Crippen LogP contribution in [0.15, 0.2) is 30.3 Å². The van der Waals surface area contributed by atoms with Gasteiger partial charge in [-0.15, -0.1) is 0 Å². The summed E-state index contributed by atoms with van der Waals surface area (Å²) in [5.74, 6) is -3.04. The van der Waals surface area contributed by atoms with Crippen LogP contribution in [-0.4, -0.2) is 39.0 Å². The number of amides is 1. The maximum Gasteiger partial charge on any atom is 0.363 e. The minimum Gasteiger partial charge on any atom is -0.467 e. The summed E-state index contributed by atoms with van der Waals surface area (Å²) in [5, 5.41) is 2.30. The molecule has 1 aromatic rings. The minimum atomic E-state index is -3.84. The van der Waals surface area contributed by atoms with Gasteiger partial charge in [0.05, 0.1) is 7.11 Å². The molecule has 0 fully saturated rings. The average Bonchev–Trinajstić information content (AvgIpc) is 2.51. The van der Waals surface area contributed by atoms with E-state index in [4.69, 9.17) is 9.05 Å². The molecule has 0 radical (unpaired) electrons. The number of carbonyl (C=O) groups excluding carboxylic acids is 2. The van der Waals surface area contributed by atoms with Crippen molar-refractivity contribution in [3.63, 3.8) is 0 Å². The highest BCUT2D eigenvalue weighted by molar-refractivity contribution is 7.55. The van der Waals surface area contributed by atoms with Gasteiger partial charge < -0.3 is 19.1 Å². The van der Waals surface area contributed by atoms with Crippen LogP contribution in [0, 0.1) is 0 Å². The zero-order valence-electron chi connectivity index (χ0n) is 11.4. The SMILES string of the molecule is COC(=O)[C@@H](NC(=O)c1ccccc1)P(=O)(OC)OC. The first-order valence-electron chi connectivity index (χ1n) is 5.63. The molecule has 20 heavy (non-hydrogen) atoms. The standard InChI is InChI=1S/C12H16NO6P/c1-17-12(15)11(20(16,18-2)19-3)13-10(14)9-7-5-4-6-8-9/h4-8,11H,1-3H3,(H,13,14)/t11-/m0/s1. The predicted molar refractivity (Wildman–Crippen MR) is 71.3 cm³/mol. The van der Waals surface area contributed by atoms with Gasteiger partial charge in [0.25, 0.3) is 5.91 Å². The van der Waals surface area contributed by atoms with E-state index in [0.717, 1.165) is 21.3 Å². The topological polar surface area (TPSA) is 90.9 Å². The number of rotatable bonds is 6. The smallest absolute Gasteiger partial charge is 0.363 e. The van der Waals surface area contributed by atoms with Gasteiger partial charge in [0.1, 0.15) is 0 Å². The van der Waals surface area contributed by atoms with Crippen molar-refractivity contribution in [2.45, 2.75) is 5.78 Å². The van der Waals surface area contributed by atoms with Gasteiger partial charge in [-0.2, -0.15) is 0 Å². The number of carbonyl (C=O) groups is 2. The van der Waals surface area contributed by atoms with Gasteiger partial charge >= 0.3 is 13.6 Å². The largest absolute Gasteiger partial charge is 0.467 e. The third-order valence-corrected chi connectivity index (χ3v) is 4.54. The van der Waals surface area contributed by atoms with E-state index in [1.807, 2.05) is 0 Å². The molecule has 1 atom stereocenters. The molecule has 0 spiro atoms. The van der Waals surface area contributed by atoms with E-state index < -0.39 is 25.3 Å². The lowest BCUT2D eigenvalue weighted by molar-refractivity contribution is -0.141. The molecule has 0 aliphatic heterocycles. The second-order valence-electron chi connectivity index (χ2n) is 3.67. The fourth-order valence-corrected chi connectivity index (χ4v) is 2.67. The summed E-state index contributed by atoms with van der Waals surface area (Å²) >= 11 is 0. The van der Waals surface area contributed by atoms with E-state index in [9.17, 15) is 14.2 Å². The van der Waals surface area contributed by atoms with Crippen molar-refractivity contribution < 1.29 is 27.9 Å². The third-order valence-electron chi connectivity index (χ3n) is 2.55. The van der Waals surface area contributed by atoms with Crippen molar-refractivity contribution in [2.75, 3.05) is 21.3 Å². The van der Waals surface area contributed by atoms with Crippen LogP contribution in [0.3, 0.4) is 0 Å². The normalized spacial score (nSPS) is 12.6. The summed E-state index contributed by atoms with van der Waals surface area (Å²) in [6, 6.07) is 8.16. The highest BCUT2D eigenvalue weighted by Crippen LogP contribution is 2.50. The molecular formula is C12H16NO6P. The zero-order chi connectivity index (χ0) is 15.2. The minimum absolute atomic E-state index is 0.306. The maximum absolute atomic E-state index is 12.3. The first-order chi connectivity index (χ1) is 9.48. The Labute approximate surface area is 116 Å². The molecule has 0 unspecified atom stereocenters. The molecule has 110 valence electrons. The van der Waals surface area contributed by atoms with E-state index in [0.29, 0.717) is 5.56 Å². The molecule has 0 aromatic heterocycles. The Morgan fingerprint density at radius 2 is 1.65 bits per heavy atom. The first-order valence-corrected chi connectivity index (χ1v) is 7.24. The first kappa shape index (κ1) is 16.4. The molecule has 0 aliphatic rings. The van der Waals surface area contributed by atoms with E-state index in [1.165, 1.54) is 0 Å². The van der Waals surface area contributed by atoms with Crippen molar-refractivity contribution in [2.24, 2.45) is 0 Å². The third kappa shape index (κ3) is 3.66. The van der Waals surface area contributed by atoms with Crippen LogP contribution in [0.2, 0.25) is 0 Å². The van der Waals surface area contributed by atoms with Crippen LogP contribution < -0.4 is 5.32 Å². The Hall–Kier alpha value is -1.69. The number of nitrogens with one attached hydrogen (secondary N) is 1. The highest BCUT2D eigenvalue weighted by Gasteiger charge is 2.42. The van der Waals surface area contributed by atoms with Gasteiger partial charge in [0.2, 0.25) is 5.78 Å². The van der Waals surface area contributed by atoms with Crippen molar-refractivity contribution in [3.05, 3.63) is 35.9 Å². The molecule has 8 heteroatoms. The van der Waals surface area contributed by atoms with Crippen LogP contribution in [0.5, 0.6) is 0 Å². The molecule has 0 bridgehead atoms. The summed E-state index contributed by atoms with van der Waals surface area (Å²) in [6.45, 7) is 0. The Bertz CT molecular complexity index is 510. The van der Waals surface area contributed by atoms with Crippen LogP contribution >= 0.6 is 7.60 Å². The lowest BCUT2D eigenvalue weighted by atomic mass is 10.2. The summed E-state index contributed by atoms with van der Waals surface area (Å²) in [4.78, 5) is 23.7. The lowest BCUT2D eigenvalue weighted by Crippen LogP contribution is -2.42. The number of hydrogen-bond donors (Lipinski definition) is 1. The van der Waals surface area contributed by atoms with Crippen molar-refractivity contribution in [1.29, 1.82) is 0 Å². The summed E-state index contributed by atoms with van der Waals surface area (Å²) < 4.78 is 26.2. The number of benzene rings is 1. The monoisotopic (exact) mass is 301 g/mol. The van der Waals surface area contributed by atoms with Gasteiger partial charge in [-0.25, -0.2) is 4.79 Å². The van der Waals surface area contributed by atoms with Gasteiger partial charge in [-0.3, -0.25) is 9.36 Å². The Morgan fingerprint density at radius 1 is 1.10 bits per heavy atom. The Balaban J connectivity index is 3.00. The summed E-state index contributed by atoms with van der Waals surface area (Å²) in [7, 11) is -0.494. The molecule has 0 saturated carbocycles. The number of methoxy groups -OCH3 is 1. The van der Waals surface area contributed by atoms with E-state index >= 15 is 0 Å². The molecule has 1 aromatic carbocycles. The number of esters is 1. The second-order valence-corrected chi connectivity index (χ2v) is 6.00. The molecule has 1 amide bonds. The summed E-state index contributed by atoms with van der Waals surface area (Å²) in [6.07, 6.45) is 0. The van der Waals surface area contributed by atoms with Crippen LogP contribution in [0.1, 0.15) is 10.4 Å². The lowest BCUT2D eigenvalue weighted by Gasteiger charge is -2.23. The molecule has 0 heterocycles. The van der Waals surface area contributed by atoms with Crippen LogP contribution in [0.4, 0.5) is 0 Å². The van der Waals surface area contributed by atoms with Crippen LogP contribution in [-0.2, 0) is 23.1 Å². The van der Waals surface area contributed by atoms with E-state index in [-0.39, 0.29) is 0 Å². The highest BCUT2D eigenvalue weighted by atomic mass is 31.2. The maximum atomic E-state index is 12.3. The average molecular weight is 301 g/mol. The van der Waals surface area contributed by atoms with Gasteiger partial charge in [0.15, 0.2) is 0 Å². The Morgan fingerprint density at radius 3 is 2.10 bits per heavy atom. The van der Waals surface area contributed by atoms with Crippen molar-refractivity contribution in [3.8, 4) is 0 Å². The number of hydrogen-bond acceptors (Lipinski definition) is 6. The zero-order valence-corrected chi connectivity index (χ0v) is 12.3. The molecule has 1 N–H and O–H groups in total. The predicted octanol–water partition coefficient (Wildman–Crippen LogP) is 1.40. The fraction of sp³-hybridized carbons (Fsp3) is 0.333. The van der Waals surface area contributed by atoms with E-state index in [2.05, 4.69) is 10.1 Å². The molecule has 7 nitrogen and oxygen atoms in total. The Kier molecular flexibility index (Phi) is 5.88. The molecule has 1 rings (SSSR count). The van der Waals surface area contributed by atoms with Crippen LogP contribution in [0.25, 0.3) is 0 Å². The van der Waals surface area contributed by atoms with Crippen molar-refractivity contribution >= 4 is 19.5 Å². The number of ether oxygens (including phenoxy) is 1. The second kappa shape index (κ2) is 7.19. The van der Waals surface area contributed by atoms with Gasteiger partial charge in [-0.05, 0) is 12.1 Å². The molecule has 0 saturated heterocycles. The fourth-order valence-electron chi connectivity index (χ4n) is 1.46. The molecule has 0 aliphatic carbocycles. The van der Waals surface area contributed by atoms with Gasteiger partial charge in [-0.1, -0.05) is 18.2 Å². The summed E-state index contributed by atoms with van der Waals surface area (Å²) in [5.41, 5.74) is 0.306. The quantitative estimate of drug-likeness (QED) is 0.631. The molecular weight excluding hydrogens is 285 g/mol.